The van der Waals surface area contributed by atoms with Crippen LogP contribution in [0.1, 0.15) is 10.5 Å². The van der Waals surface area contributed by atoms with Crippen molar-refractivity contribution in [3.05, 3.63) is 40.8 Å². The standard InChI is InChI=1S/C10H6BrN3O2/c11-6-1-2-7(13-5-6)9-12-4-3-8(14-9)10(15)16/h1-5H,(H,15,16). The lowest BCUT2D eigenvalue weighted by Gasteiger charge is -1.99. The quantitative estimate of drug-likeness (QED) is 0.910. The molecule has 2 rings (SSSR count). The molecule has 0 atom stereocenters. The average molecular weight is 280 g/mol. The molecule has 0 spiro atoms. The maximum absolute atomic E-state index is 10.7. The van der Waals surface area contributed by atoms with Crippen LogP contribution in [-0.2, 0) is 0 Å². The Labute approximate surface area is 99.3 Å². The second-order valence-corrected chi connectivity index (χ2v) is 3.85. The van der Waals surface area contributed by atoms with E-state index in [9.17, 15) is 4.79 Å². The third-order valence-corrected chi connectivity index (χ3v) is 2.30. The number of hydrogen-bond acceptors (Lipinski definition) is 4. The van der Waals surface area contributed by atoms with Gasteiger partial charge < -0.3 is 5.11 Å². The third kappa shape index (κ3) is 2.22. The second kappa shape index (κ2) is 4.36. The summed E-state index contributed by atoms with van der Waals surface area (Å²) in [5.41, 5.74) is 0.487. The molecule has 0 amide bonds. The average Bonchev–Trinajstić information content (AvgIpc) is 2.30. The number of hydrogen-bond donors (Lipinski definition) is 1. The van der Waals surface area contributed by atoms with Gasteiger partial charge in [-0.1, -0.05) is 0 Å². The Morgan fingerprint density at radius 3 is 2.69 bits per heavy atom. The summed E-state index contributed by atoms with van der Waals surface area (Å²) in [7, 11) is 0. The summed E-state index contributed by atoms with van der Waals surface area (Å²) in [4.78, 5) is 22.7. The lowest BCUT2D eigenvalue weighted by molar-refractivity contribution is 0.0690. The molecular weight excluding hydrogens is 274 g/mol. The van der Waals surface area contributed by atoms with Crippen LogP contribution in [0.4, 0.5) is 0 Å². The molecule has 0 fully saturated rings. The van der Waals surface area contributed by atoms with E-state index in [2.05, 4.69) is 30.9 Å². The van der Waals surface area contributed by atoms with E-state index in [0.29, 0.717) is 11.5 Å². The first-order valence-electron chi connectivity index (χ1n) is 4.35. The topological polar surface area (TPSA) is 76.0 Å². The van der Waals surface area contributed by atoms with Gasteiger partial charge in [-0.3, -0.25) is 4.98 Å². The number of carbonyl (C=O) groups is 1. The van der Waals surface area contributed by atoms with Gasteiger partial charge in [-0.15, -0.1) is 0 Å². The van der Waals surface area contributed by atoms with E-state index in [1.165, 1.54) is 12.3 Å². The Morgan fingerprint density at radius 2 is 2.06 bits per heavy atom. The first-order chi connectivity index (χ1) is 7.66. The number of nitrogens with zero attached hydrogens (tertiary/aromatic N) is 3. The zero-order valence-electron chi connectivity index (χ0n) is 7.96. The molecule has 0 aliphatic rings. The van der Waals surface area contributed by atoms with E-state index < -0.39 is 5.97 Å². The van der Waals surface area contributed by atoms with E-state index >= 15 is 0 Å². The fourth-order valence-electron chi connectivity index (χ4n) is 1.11. The third-order valence-electron chi connectivity index (χ3n) is 1.83. The van der Waals surface area contributed by atoms with E-state index in [4.69, 9.17) is 5.11 Å². The summed E-state index contributed by atoms with van der Waals surface area (Å²) >= 11 is 3.26. The minimum absolute atomic E-state index is 0.0466. The van der Waals surface area contributed by atoms with E-state index in [-0.39, 0.29) is 5.69 Å². The van der Waals surface area contributed by atoms with E-state index in [1.54, 1.807) is 18.3 Å². The Hall–Kier alpha value is -1.82. The maximum Gasteiger partial charge on any atom is 0.354 e. The maximum atomic E-state index is 10.7. The van der Waals surface area contributed by atoms with Crippen molar-refractivity contribution in [2.75, 3.05) is 0 Å². The van der Waals surface area contributed by atoms with E-state index in [0.717, 1.165) is 4.47 Å². The van der Waals surface area contributed by atoms with Gasteiger partial charge in [0.15, 0.2) is 11.5 Å². The largest absolute Gasteiger partial charge is 0.477 e. The minimum Gasteiger partial charge on any atom is -0.477 e. The molecule has 0 saturated heterocycles. The number of carboxylic acids is 1. The molecule has 80 valence electrons. The van der Waals surface area contributed by atoms with Gasteiger partial charge in [0, 0.05) is 16.9 Å². The lowest BCUT2D eigenvalue weighted by Crippen LogP contribution is -2.02. The molecule has 0 aliphatic carbocycles. The molecule has 0 aliphatic heterocycles. The minimum atomic E-state index is -1.08. The molecule has 0 unspecified atom stereocenters. The first-order valence-corrected chi connectivity index (χ1v) is 5.14. The van der Waals surface area contributed by atoms with Gasteiger partial charge >= 0.3 is 5.97 Å². The van der Waals surface area contributed by atoms with Crippen molar-refractivity contribution in [1.29, 1.82) is 0 Å². The fraction of sp³-hybridized carbons (Fsp3) is 0. The molecular formula is C10H6BrN3O2. The zero-order chi connectivity index (χ0) is 11.5. The van der Waals surface area contributed by atoms with Crippen molar-refractivity contribution in [2.24, 2.45) is 0 Å². The predicted molar refractivity (Wildman–Crippen MR) is 59.9 cm³/mol. The van der Waals surface area contributed by atoms with Gasteiger partial charge in [0.1, 0.15) is 5.69 Å². The Morgan fingerprint density at radius 1 is 1.25 bits per heavy atom. The van der Waals surface area contributed by atoms with Gasteiger partial charge in [0.25, 0.3) is 0 Å². The number of aromatic nitrogens is 3. The van der Waals surface area contributed by atoms with Crippen LogP contribution in [0.5, 0.6) is 0 Å². The number of pyridine rings is 1. The molecule has 16 heavy (non-hydrogen) atoms. The van der Waals surface area contributed by atoms with Gasteiger partial charge in [-0.25, -0.2) is 14.8 Å². The lowest BCUT2D eigenvalue weighted by atomic mass is 10.3. The molecule has 0 radical (unpaired) electrons. The van der Waals surface area contributed by atoms with Crippen LogP contribution in [0.3, 0.4) is 0 Å². The molecule has 6 heteroatoms. The summed E-state index contributed by atoms with van der Waals surface area (Å²) in [6.07, 6.45) is 3.00. The molecule has 2 heterocycles. The number of rotatable bonds is 2. The summed E-state index contributed by atoms with van der Waals surface area (Å²) in [5.74, 6) is -0.784. The highest BCUT2D eigenvalue weighted by Gasteiger charge is 2.08. The Bertz CT molecular complexity index is 528. The molecule has 2 aromatic rings. The number of carboxylic acid groups (broad SMARTS) is 1. The highest BCUT2D eigenvalue weighted by Crippen LogP contribution is 2.14. The van der Waals surface area contributed by atoms with Gasteiger partial charge in [-0.05, 0) is 34.1 Å². The van der Waals surface area contributed by atoms with Crippen molar-refractivity contribution in [2.45, 2.75) is 0 Å². The van der Waals surface area contributed by atoms with Gasteiger partial charge in [0.05, 0.1) is 0 Å². The summed E-state index contributed by atoms with van der Waals surface area (Å²) in [6, 6.07) is 4.84. The first kappa shape index (κ1) is 10.7. The monoisotopic (exact) mass is 279 g/mol. The zero-order valence-corrected chi connectivity index (χ0v) is 9.55. The number of halogens is 1. The van der Waals surface area contributed by atoms with Crippen LogP contribution in [0.25, 0.3) is 11.5 Å². The van der Waals surface area contributed by atoms with Gasteiger partial charge in [-0.2, -0.15) is 0 Å². The molecule has 0 bridgehead atoms. The molecule has 2 aromatic heterocycles. The van der Waals surface area contributed by atoms with Crippen molar-refractivity contribution < 1.29 is 9.90 Å². The number of aromatic carboxylic acids is 1. The summed E-state index contributed by atoms with van der Waals surface area (Å²) in [5, 5.41) is 8.78. The highest BCUT2D eigenvalue weighted by molar-refractivity contribution is 9.10. The predicted octanol–water partition coefficient (Wildman–Crippen LogP) is 2.00. The Balaban J connectivity index is 2.44. The SMILES string of the molecule is O=C(O)c1ccnc(-c2ccc(Br)cn2)n1. The fourth-order valence-corrected chi connectivity index (χ4v) is 1.34. The van der Waals surface area contributed by atoms with Crippen molar-refractivity contribution in [3.63, 3.8) is 0 Å². The Kier molecular flexibility index (Phi) is 2.91. The van der Waals surface area contributed by atoms with Gasteiger partial charge in [0.2, 0.25) is 0 Å². The normalized spacial score (nSPS) is 10.1. The molecule has 1 N–H and O–H groups in total. The van der Waals surface area contributed by atoms with Crippen molar-refractivity contribution in [1.82, 2.24) is 15.0 Å². The highest BCUT2D eigenvalue weighted by atomic mass is 79.9. The van der Waals surface area contributed by atoms with Crippen LogP contribution in [0.2, 0.25) is 0 Å². The van der Waals surface area contributed by atoms with Crippen molar-refractivity contribution >= 4 is 21.9 Å². The van der Waals surface area contributed by atoms with Crippen LogP contribution < -0.4 is 0 Å². The second-order valence-electron chi connectivity index (χ2n) is 2.93. The van der Waals surface area contributed by atoms with Crippen LogP contribution in [0.15, 0.2) is 35.1 Å². The van der Waals surface area contributed by atoms with Crippen LogP contribution in [-0.4, -0.2) is 26.0 Å². The van der Waals surface area contributed by atoms with Crippen molar-refractivity contribution in [3.8, 4) is 11.5 Å². The summed E-state index contributed by atoms with van der Waals surface area (Å²) < 4.78 is 0.839. The van der Waals surface area contributed by atoms with Crippen LogP contribution >= 0.6 is 15.9 Å². The molecule has 0 aromatic carbocycles. The molecule has 0 saturated carbocycles. The summed E-state index contributed by atoms with van der Waals surface area (Å²) in [6.45, 7) is 0. The van der Waals surface area contributed by atoms with E-state index in [1.807, 2.05) is 0 Å². The molecule has 5 nitrogen and oxygen atoms in total. The van der Waals surface area contributed by atoms with Crippen LogP contribution in [0, 0.1) is 0 Å². The smallest absolute Gasteiger partial charge is 0.354 e.